The highest BCUT2D eigenvalue weighted by molar-refractivity contribution is 6.06. The van der Waals surface area contributed by atoms with Crippen molar-refractivity contribution in [2.45, 2.75) is 25.8 Å². The molecule has 19 heavy (non-hydrogen) atoms. The number of carbonyl (C=O) groups excluding carboxylic acids is 1. The van der Waals surface area contributed by atoms with Crippen molar-refractivity contribution in [2.24, 2.45) is 5.73 Å². The average Bonchev–Trinajstić information content (AvgIpc) is 2.44. The maximum Gasteiger partial charge on any atom is 0.252 e. The molecule has 0 fully saturated rings. The fraction of sp³-hybridized carbons (Fsp3) is 0.333. The topological polar surface area (TPSA) is 68.0 Å². The Morgan fingerprint density at radius 1 is 1.37 bits per heavy atom. The smallest absolute Gasteiger partial charge is 0.252 e. The Balaban J connectivity index is 2.17. The molecule has 100 valence electrons. The highest BCUT2D eigenvalue weighted by atomic mass is 16.1. The molecule has 2 aromatic rings. The second-order valence-corrected chi connectivity index (χ2v) is 4.68. The zero-order chi connectivity index (χ0) is 13.7. The van der Waals surface area contributed by atoms with E-state index in [0.29, 0.717) is 12.1 Å². The van der Waals surface area contributed by atoms with Crippen molar-refractivity contribution in [3.05, 3.63) is 42.1 Å². The molecule has 1 heterocycles. The highest BCUT2D eigenvalue weighted by Crippen LogP contribution is 2.16. The van der Waals surface area contributed by atoms with Gasteiger partial charge in [0.1, 0.15) is 0 Å². The van der Waals surface area contributed by atoms with E-state index in [9.17, 15) is 4.79 Å². The standard InChI is InChI=1S/C15H19N3O/c1-11(5-4-9-16)18-15(19)13-8-10-17-14-7-3-2-6-12(13)14/h2-3,6-8,10-11H,4-5,9,16H2,1H3,(H,18,19). The number of aromatic nitrogens is 1. The maximum atomic E-state index is 12.3. The molecule has 0 radical (unpaired) electrons. The normalized spacial score (nSPS) is 12.3. The van der Waals surface area contributed by atoms with E-state index in [1.165, 1.54) is 0 Å². The number of benzene rings is 1. The lowest BCUT2D eigenvalue weighted by molar-refractivity contribution is 0.0939. The van der Waals surface area contributed by atoms with Crippen LogP contribution in [0.25, 0.3) is 10.9 Å². The van der Waals surface area contributed by atoms with E-state index in [2.05, 4.69) is 10.3 Å². The van der Waals surface area contributed by atoms with Crippen LogP contribution >= 0.6 is 0 Å². The Morgan fingerprint density at radius 3 is 2.95 bits per heavy atom. The molecule has 1 amide bonds. The first kappa shape index (κ1) is 13.5. The van der Waals surface area contributed by atoms with Crippen LogP contribution in [0.15, 0.2) is 36.5 Å². The molecule has 4 heteroatoms. The van der Waals surface area contributed by atoms with Crippen molar-refractivity contribution in [3.8, 4) is 0 Å². The third-order valence-corrected chi connectivity index (χ3v) is 3.11. The Kier molecular flexibility index (Phi) is 4.47. The Morgan fingerprint density at radius 2 is 2.16 bits per heavy atom. The summed E-state index contributed by atoms with van der Waals surface area (Å²) in [5.41, 5.74) is 6.98. The molecule has 0 spiro atoms. The largest absolute Gasteiger partial charge is 0.350 e. The van der Waals surface area contributed by atoms with Gasteiger partial charge in [-0.3, -0.25) is 9.78 Å². The van der Waals surface area contributed by atoms with E-state index in [1.54, 1.807) is 12.3 Å². The van der Waals surface area contributed by atoms with Crippen LogP contribution in [0.5, 0.6) is 0 Å². The Bertz CT molecular complexity index is 563. The number of hydrogen-bond donors (Lipinski definition) is 2. The predicted octanol–water partition coefficient (Wildman–Crippen LogP) is 2.09. The van der Waals surface area contributed by atoms with Crippen molar-refractivity contribution < 1.29 is 4.79 Å². The molecule has 3 N–H and O–H groups in total. The number of nitrogens with one attached hydrogen (secondary N) is 1. The van der Waals surface area contributed by atoms with E-state index in [0.717, 1.165) is 23.7 Å². The molecule has 1 aromatic heterocycles. The van der Waals surface area contributed by atoms with Crippen molar-refractivity contribution >= 4 is 16.8 Å². The molecule has 0 aliphatic rings. The van der Waals surface area contributed by atoms with Gasteiger partial charge in [-0.05, 0) is 38.4 Å². The quantitative estimate of drug-likeness (QED) is 0.861. The lowest BCUT2D eigenvalue weighted by atomic mass is 10.1. The number of pyridine rings is 1. The van der Waals surface area contributed by atoms with E-state index in [1.807, 2.05) is 31.2 Å². The molecule has 0 saturated carbocycles. The summed E-state index contributed by atoms with van der Waals surface area (Å²) in [6, 6.07) is 9.54. The Hall–Kier alpha value is -1.94. The van der Waals surface area contributed by atoms with Crippen LogP contribution in [-0.2, 0) is 0 Å². The zero-order valence-corrected chi connectivity index (χ0v) is 11.1. The number of hydrogen-bond acceptors (Lipinski definition) is 3. The third-order valence-electron chi connectivity index (χ3n) is 3.11. The molecule has 0 aliphatic heterocycles. The van der Waals surface area contributed by atoms with Crippen LogP contribution in [0.2, 0.25) is 0 Å². The SMILES string of the molecule is CC(CCCN)NC(=O)c1ccnc2ccccc12. The average molecular weight is 257 g/mol. The van der Waals surface area contributed by atoms with Gasteiger partial charge in [0.05, 0.1) is 11.1 Å². The molecule has 0 bridgehead atoms. The van der Waals surface area contributed by atoms with Crippen LogP contribution in [-0.4, -0.2) is 23.5 Å². The molecule has 4 nitrogen and oxygen atoms in total. The lowest BCUT2D eigenvalue weighted by Crippen LogP contribution is -2.33. The molecule has 0 aliphatic carbocycles. The van der Waals surface area contributed by atoms with Gasteiger partial charge in [0.25, 0.3) is 5.91 Å². The van der Waals surface area contributed by atoms with E-state index < -0.39 is 0 Å². The number of rotatable bonds is 5. The van der Waals surface area contributed by atoms with E-state index >= 15 is 0 Å². The Labute approximate surface area is 113 Å². The van der Waals surface area contributed by atoms with Crippen LogP contribution in [0.1, 0.15) is 30.1 Å². The van der Waals surface area contributed by atoms with Crippen molar-refractivity contribution in [1.29, 1.82) is 0 Å². The van der Waals surface area contributed by atoms with Gasteiger partial charge in [-0.25, -0.2) is 0 Å². The highest BCUT2D eigenvalue weighted by Gasteiger charge is 2.12. The second-order valence-electron chi connectivity index (χ2n) is 4.68. The molecule has 1 atom stereocenters. The van der Waals surface area contributed by atoms with Crippen LogP contribution in [0, 0.1) is 0 Å². The minimum Gasteiger partial charge on any atom is -0.350 e. The summed E-state index contributed by atoms with van der Waals surface area (Å²) in [6.07, 6.45) is 3.48. The summed E-state index contributed by atoms with van der Waals surface area (Å²) in [6.45, 7) is 2.65. The fourth-order valence-corrected chi connectivity index (χ4v) is 2.09. The van der Waals surface area contributed by atoms with Crippen molar-refractivity contribution in [2.75, 3.05) is 6.54 Å². The zero-order valence-electron chi connectivity index (χ0n) is 11.1. The second kappa shape index (κ2) is 6.29. The molecular formula is C15H19N3O. The number of amides is 1. The summed E-state index contributed by atoms with van der Waals surface area (Å²) in [7, 11) is 0. The van der Waals surface area contributed by atoms with E-state index in [4.69, 9.17) is 5.73 Å². The summed E-state index contributed by atoms with van der Waals surface area (Å²) in [5.74, 6) is -0.0527. The molecule has 1 unspecified atom stereocenters. The lowest BCUT2D eigenvalue weighted by Gasteiger charge is -2.14. The maximum absolute atomic E-state index is 12.3. The van der Waals surface area contributed by atoms with Gasteiger partial charge in [-0.1, -0.05) is 18.2 Å². The van der Waals surface area contributed by atoms with Gasteiger partial charge in [-0.2, -0.15) is 0 Å². The van der Waals surface area contributed by atoms with Gasteiger partial charge in [0.2, 0.25) is 0 Å². The number of fused-ring (bicyclic) bond motifs is 1. The summed E-state index contributed by atoms with van der Waals surface area (Å²) in [5, 5.41) is 3.88. The van der Waals surface area contributed by atoms with Crippen LogP contribution in [0.3, 0.4) is 0 Å². The molecule has 0 saturated heterocycles. The van der Waals surface area contributed by atoms with Crippen LogP contribution in [0.4, 0.5) is 0 Å². The van der Waals surface area contributed by atoms with Crippen molar-refractivity contribution in [1.82, 2.24) is 10.3 Å². The van der Waals surface area contributed by atoms with Gasteiger partial charge in [0, 0.05) is 17.6 Å². The predicted molar refractivity (Wildman–Crippen MR) is 77.0 cm³/mol. The minimum absolute atomic E-state index is 0.0527. The summed E-state index contributed by atoms with van der Waals surface area (Å²) < 4.78 is 0. The summed E-state index contributed by atoms with van der Waals surface area (Å²) in [4.78, 5) is 16.5. The first-order valence-corrected chi connectivity index (χ1v) is 6.57. The van der Waals surface area contributed by atoms with Crippen molar-refractivity contribution in [3.63, 3.8) is 0 Å². The van der Waals surface area contributed by atoms with Gasteiger partial charge < -0.3 is 11.1 Å². The molecule has 1 aromatic carbocycles. The van der Waals surface area contributed by atoms with Gasteiger partial charge >= 0.3 is 0 Å². The minimum atomic E-state index is -0.0527. The van der Waals surface area contributed by atoms with Gasteiger partial charge in [0.15, 0.2) is 0 Å². The fourth-order valence-electron chi connectivity index (χ4n) is 2.09. The number of carbonyl (C=O) groups is 1. The summed E-state index contributed by atoms with van der Waals surface area (Å²) >= 11 is 0. The first-order chi connectivity index (χ1) is 9.22. The third kappa shape index (κ3) is 3.29. The monoisotopic (exact) mass is 257 g/mol. The molecule has 2 rings (SSSR count). The number of para-hydroxylation sites is 1. The van der Waals surface area contributed by atoms with E-state index in [-0.39, 0.29) is 11.9 Å². The molecular weight excluding hydrogens is 238 g/mol. The number of nitrogens with two attached hydrogens (primary N) is 1. The number of nitrogens with zero attached hydrogens (tertiary/aromatic N) is 1. The first-order valence-electron chi connectivity index (χ1n) is 6.57. The van der Waals surface area contributed by atoms with Crippen LogP contribution < -0.4 is 11.1 Å². The van der Waals surface area contributed by atoms with Gasteiger partial charge in [-0.15, -0.1) is 0 Å².